The molecule has 0 aliphatic rings. The third-order valence-corrected chi connectivity index (χ3v) is 3.52. The smallest absolute Gasteiger partial charge is 0.121 e. The summed E-state index contributed by atoms with van der Waals surface area (Å²) in [6.07, 6.45) is 3.78. The molecular formula is C17H23NO2. The first kappa shape index (κ1) is 14.7. The zero-order valence-corrected chi connectivity index (χ0v) is 12.5. The van der Waals surface area contributed by atoms with Crippen molar-refractivity contribution in [3.8, 4) is 5.75 Å². The highest BCUT2D eigenvalue weighted by molar-refractivity contribution is 5.36. The van der Waals surface area contributed by atoms with Gasteiger partial charge in [0.1, 0.15) is 11.5 Å². The lowest BCUT2D eigenvalue weighted by Gasteiger charge is -2.14. The molecule has 0 bridgehead atoms. The summed E-state index contributed by atoms with van der Waals surface area (Å²) in [4.78, 5) is 0. The zero-order valence-electron chi connectivity index (χ0n) is 12.5. The van der Waals surface area contributed by atoms with E-state index in [2.05, 4.69) is 31.3 Å². The van der Waals surface area contributed by atoms with Crippen LogP contribution in [-0.2, 0) is 13.0 Å². The Bertz CT molecular complexity index is 520. The lowest BCUT2D eigenvalue weighted by molar-refractivity contribution is 0.411. The van der Waals surface area contributed by atoms with Crippen LogP contribution in [0.25, 0.3) is 0 Å². The second-order valence-corrected chi connectivity index (χ2v) is 5.20. The fourth-order valence-corrected chi connectivity index (χ4v) is 2.26. The van der Waals surface area contributed by atoms with E-state index in [1.165, 1.54) is 11.1 Å². The van der Waals surface area contributed by atoms with Gasteiger partial charge in [0.15, 0.2) is 0 Å². The number of rotatable bonds is 7. The predicted octanol–water partition coefficient (Wildman–Crippen LogP) is 3.71. The largest absolute Gasteiger partial charge is 0.496 e. The first-order chi connectivity index (χ1) is 9.69. The van der Waals surface area contributed by atoms with Crippen molar-refractivity contribution in [3.05, 3.63) is 53.5 Å². The number of benzene rings is 1. The molecule has 1 unspecified atom stereocenters. The van der Waals surface area contributed by atoms with Crippen LogP contribution in [0.2, 0.25) is 0 Å². The van der Waals surface area contributed by atoms with Crippen molar-refractivity contribution in [1.82, 2.24) is 5.32 Å². The molecule has 1 heterocycles. The van der Waals surface area contributed by atoms with Crippen molar-refractivity contribution in [3.63, 3.8) is 0 Å². The molecule has 108 valence electrons. The molecule has 1 atom stereocenters. The van der Waals surface area contributed by atoms with Crippen LogP contribution in [0, 0.1) is 6.92 Å². The third kappa shape index (κ3) is 4.14. The maximum atomic E-state index is 5.35. The maximum absolute atomic E-state index is 5.35. The minimum atomic E-state index is 0.461. The Balaban J connectivity index is 1.78. The van der Waals surface area contributed by atoms with E-state index in [0.29, 0.717) is 6.04 Å². The molecule has 0 fully saturated rings. The fourth-order valence-electron chi connectivity index (χ4n) is 2.26. The molecule has 0 saturated carbocycles. The molecular weight excluding hydrogens is 250 g/mol. The van der Waals surface area contributed by atoms with Gasteiger partial charge in [-0.1, -0.05) is 12.1 Å². The Hall–Kier alpha value is -1.74. The number of nitrogens with one attached hydrogen (secondary N) is 1. The lowest BCUT2D eigenvalue weighted by atomic mass is 10.1. The van der Waals surface area contributed by atoms with Crippen LogP contribution in [0.1, 0.15) is 30.2 Å². The van der Waals surface area contributed by atoms with Gasteiger partial charge in [0, 0.05) is 19.0 Å². The Morgan fingerprint density at radius 2 is 2.15 bits per heavy atom. The van der Waals surface area contributed by atoms with Gasteiger partial charge in [0.2, 0.25) is 0 Å². The van der Waals surface area contributed by atoms with E-state index in [1.807, 2.05) is 18.2 Å². The number of aryl methyl sites for hydroxylation is 2. The van der Waals surface area contributed by atoms with E-state index in [4.69, 9.17) is 9.15 Å². The van der Waals surface area contributed by atoms with Gasteiger partial charge in [-0.05, 0) is 49.6 Å². The highest BCUT2D eigenvalue weighted by Gasteiger charge is 2.05. The molecule has 1 aromatic heterocycles. The predicted molar refractivity (Wildman–Crippen MR) is 81.1 cm³/mol. The molecule has 1 aromatic carbocycles. The molecule has 0 aliphatic heterocycles. The number of hydrogen-bond acceptors (Lipinski definition) is 3. The highest BCUT2D eigenvalue weighted by Crippen LogP contribution is 2.18. The van der Waals surface area contributed by atoms with Crippen LogP contribution in [0.3, 0.4) is 0 Å². The van der Waals surface area contributed by atoms with E-state index in [9.17, 15) is 0 Å². The maximum Gasteiger partial charge on any atom is 0.121 e. The molecule has 1 N–H and O–H groups in total. The topological polar surface area (TPSA) is 34.4 Å². The Morgan fingerprint density at radius 1 is 1.30 bits per heavy atom. The molecule has 3 nitrogen and oxygen atoms in total. The molecule has 2 aromatic rings. The standard InChI is InChI=1S/C17H23NO2/c1-13-11-15(7-9-17(13)19-3)12-18-14(2)6-8-16-5-4-10-20-16/h4-5,7,9-11,14,18H,6,8,12H2,1-3H3. The van der Waals surface area contributed by atoms with Crippen LogP contribution in [0.4, 0.5) is 0 Å². The van der Waals surface area contributed by atoms with E-state index in [-0.39, 0.29) is 0 Å². The Morgan fingerprint density at radius 3 is 2.80 bits per heavy atom. The molecule has 0 aliphatic carbocycles. The highest BCUT2D eigenvalue weighted by atomic mass is 16.5. The van der Waals surface area contributed by atoms with Gasteiger partial charge in [0.25, 0.3) is 0 Å². The normalized spacial score (nSPS) is 12.3. The van der Waals surface area contributed by atoms with E-state index >= 15 is 0 Å². The van der Waals surface area contributed by atoms with Crippen molar-refractivity contribution in [1.29, 1.82) is 0 Å². The minimum Gasteiger partial charge on any atom is -0.496 e. The van der Waals surface area contributed by atoms with Gasteiger partial charge in [0.05, 0.1) is 13.4 Å². The van der Waals surface area contributed by atoms with Crippen LogP contribution in [-0.4, -0.2) is 13.2 Å². The third-order valence-electron chi connectivity index (χ3n) is 3.52. The van der Waals surface area contributed by atoms with Gasteiger partial charge in [-0.3, -0.25) is 0 Å². The molecule has 2 rings (SSSR count). The van der Waals surface area contributed by atoms with Crippen LogP contribution in [0.5, 0.6) is 5.75 Å². The Kier molecular flexibility index (Phi) is 5.24. The summed E-state index contributed by atoms with van der Waals surface area (Å²) in [5.74, 6) is 2.00. The number of furan rings is 1. The lowest BCUT2D eigenvalue weighted by Crippen LogP contribution is -2.25. The monoisotopic (exact) mass is 273 g/mol. The average Bonchev–Trinajstić information content (AvgIpc) is 2.96. The van der Waals surface area contributed by atoms with Gasteiger partial charge < -0.3 is 14.5 Å². The molecule has 0 amide bonds. The van der Waals surface area contributed by atoms with Gasteiger partial charge in [-0.25, -0.2) is 0 Å². The van der Waals surface area contributed by atoms with Crippen molar-refractivity contribution in [2.45, 2.75) is 39.3 Å². The first-order valence-electron chi connectivity index (χ1n) is 7.08. The number of hydrogen-bond donors (Lipinski definition) is 1. The van der Waals surface area contributed by atoms with Crippen LogP contribution >= 0.6 is 0 Å². The first-order valence-corrected chi connectivity index (χ1v) is 7.08. The number of methoxy groups -OCH3 is 1. The van der Waals surface area contributed by atoms with Crippen molar-refractivity contribution in [2.24, 2.45) is 0 Å². The van der Waals surface area contributed by atoms with Crippen molar-refractivity contribution < 1.29 is 9.15 Å². The van der Waals surface area contributed by atoms with E-state index < -0.39 is 0 Å². The number of ether oxygens (including phenoxy) is 1. The van der Waals surface area contributed by atoms with Crippen molar-refractivity contribution in [2.75, 3.05) is 7.11 Å². The van der Waals surface area contributed by atoms with Crippen LogP contribution in [0.15, 0.2) is 41.0 Å². The van der Waals surface area contributed by atoms with Crippen LogP contribution < -0.4 is 10.1 Å². The summed E-state index contributed by atoms with van der Waals surface area (Å²) in [5.41, 5.74) is 2.46. The fraction of sp³-hybridized carbons (Fsp3) is 0.412. The Labute approximate surface area is 121 Å². The summed E-state index contributed by atoms with van der Waals surface area (Å²) < 4.78 is 10.6. The average molecular weight is 273 g/mol. The summed E-state index contributed by atoms with van der Waals surface area (Å²) in [7, 11) is 1.71. The van der Waals surface area contributed by atoms with Gasteiger partial charge in [-0.15, -0.1) is 0 Å². The SMILES string of the molecule is COc1ccc(CNC(C)CCc2ccco2)cc1C. The zero-order chi connectivity index (χ0) is 14.4. The molecule has 0 spiro atoms. The second-order valence-electron chi connectivity index (χ2n) is 5.20. The second kappa shape index (κ2) is 7.15. The van der Waals surface area contributed by atoms with E-state index in [0.717, 1.165) is 30.9 Å². The summed E-state index contributed by atoms with van der Waals surface area (Å²) in [6.45, 7) is 5.16. The molecule has 20 heavy (non-hydrogen) atoms. The van der Waals surface area contributed by atoms with Crippen molar-refractivity contribution >= 4 is 0 Å². The summed E-state index contributed by atoms with van der Waals surface area (Å²) in [6, 6.07) is 10.7. The quantitative estimate of drug-likeness (QED) is 0.835. The summed E-state index contributed by atoms with van der Waals surface area (Å²) in [5, 5.41) is 3.54. The van der Waals surface area contributed by atoms with Gasteiger partial charge >= 0.3 is 0 Å². The van der Waals surface area contributed by atoms with E-state index in [1.54, 1.807) is 13.4 Å². The molecule has 3 heteroatoms. The minimum absolute atomic E-state index is 0.461. The summed E-state index contributed by atoms with van der Waals surface area (Å²) >= 11 is 0. The van der Waals surface area contributed by atoms with Gasteiger partial charge in [-0.2, -0.15) is 0 Å². The molecule has 0 radical (unpaired) electrons. The molecule has 0 saturated heterocycles.